The van der Waals surface area contributed by atoms with Gasteiger partial charge in [-0.15, -0.1) is 16.7 Å². The standard InChI is InChI=1S/C13H16ClN3O/c14-9-8-12-16-17-13(18-12)15-10-4-7-11-5-2-1-3-6-11/h1-3,5-6H,4,7-10H2,(H,15,17). The van der Waals surface area contributed by atoms with Gasteiger partial charge in [-0.1, -0.05) is 35.4 Å². The van der Waals surface area contributed by atoms with Crippen molar-refractivity contribution in [3.8, 4) is 0 Å². The molecule has 0 radical (unpaired) electrons. The molecule has 2 rings (SSSR count). The van der Waals surface area contributed by atoms with E-state index in [2.05, 4.69) is 39.8 Å². The summed E-state index contributed by atoms with van der Waals surface area (Å²) in [5, 5.41) is 10.9. The largest absolute Gasteiger partial charge is 0.408 e. The topological polar surface area (TPSA) is 51.0 Å². The molecule has 2 aromatic rings. The quantitative estimate of drug-likeness (QED) is 0.618. The molecule has 0 bridgehead atoms. The van der Waals surface area contributed by atoms with Gasteiger partial charge in [-0.3, -0.25) is 0 Å². The van der Waals surface area contributed by atoms with Gasteiger partial charge in [0.05, 0.1) is 0 Å². The zero-order valence-corrected chi connectivity index (χ0v) is 10.9. The fraction of sp³-hybridized carbons (Fsp3) is 0.385. The molecular weight excluding hydrogens is 250 g/mol. The first-order valence-electron chi connectivity index (χ1n) is 6.04. The lowest BCUT2D eigenvalue weighted by atomic mass is 10.1. The third kappa shape index (κ3) is 4.04. The molecule has 5 heteroatoms. The maximum absolute atomic E-state index is 5.59. The van der Waals surface area contributed by atoms with E-state index in [4.69, 9.17) is 16.0 Å². The Hall–Kier alpha value is -1.55. The number of nitrogens with zero attached hydrogens (tertiary/aromatic N) is 2. The van der Waals surface area contributed by atoms with Crippen molar-refractivity contribution >= 4 is 17.6 Å². The molecule has 0 amide bonds. The van der Waals surface area contributed by atoms with Crippen LogP contribution in [0.15, 0.2) is 34.7 Å². The first kappa shape index (κ1) is 12.9. The third-order valence-electron chi connectivity index (χ3n) is 2.54. The van der Waals surface area contributed by atoms with E-state index in [1.807, 2.05) is 6.07 Å². The number of aromatic nitrogens is 2. The van der Waals surface area contributed by atoms with Gasteiger partial charge < -0.3 is 9.73 Å². The number of hydrogen-bond donors (Lipinski definition) is 1. The minimum Gasteiger partial charge on any atom is -0.408 e. The highest BCUT2D eigenvalue weighted by molar-refractivity contribution is 6.17. The lowest BCUT2D eigenvalue weighted by molar-refractivity contribution is 0.511. The van der Waals surface area contributed by atoms with Gasteiger partial charge in [-0.25, -0.2) is 0 Å². The first-order chi connectivity index (χ1) is 8.88. The number of benzene rings is 1. The number of aryl methyl sites for hydroxylation is 2. The van der Waals surface area contributed by atoms with E-state index in [1.54, 1.807) is 0 Å². The molecule has 0 unspecified atom stereocenters. The molecule has 1 N–H and O–H groups in total. The zero-order valence-electron chi connectivity index (χ0n) is 10.1. The number of hydrogen-bond acceptors (Lipinski definition) is 4. The molecule has 1 aromatic heterocycles. The predicted molar refractivity (Wildman–Crippen MR) is 72.0 cm³/mol. The average molecular weight is 266 g/mol. The summed E-state index contributed by atoms with van der Waals surface area (Å²) in [6, 6.07) is 10.9. The molecule has 18 heavy (non-hydrogen) atoms. The fourth-order valence-corrected chi connectivity index (χ4v) is 1.80. The summed E-state index contributed by atoms with van der Waals surface area (Å²) in [4.78, 5) is 0. The molecule has 0 aliphatic carbocycles. The van der Waals surface area contributed by atoms with Gasteiger partial charge in [0.1, 0.15) is 0 Å². The molecule has 1 aromatic carbocycles. The van der Waals surface area contributed by atoms with E-state index in [0.29, 0.717) is 24.2 Å². The van der Waals surface area contributed by atoms with E-state index < -0.39 is 0 Å². The molecule has 0 spiro atoms. The molecular formula is C13H16ClN3O. The highest BCUT2D eigenvalue weighted by Gasteiger charge is 2.03. The number of alkyl halides is 1. The number of rotatable bonds is 7. The number of nitrogens with one attached hydrogen (secondary N) is 1. The monoisotopic (exact) mass is 265 g/mol. The first-order valence-corrected chi connectivity index (χ1v) is 6.58. The van der Waals surface area contributed by atoms with Gasteiger partial charge in [0, 0.05) is 18.8 Å². The minimum absolute atomic E-state index is 0.475. The molecule has 0 saturated heterocycles. The van der Waals surface area contributed by atoms with Crippen molar-refractivity contribution in [3.63, 3.8) is 0 Å². The lowest BCUT2D eigenvalue weighted by Crippen LogP contribution is -2.03. The second-order valence-electron chi connectivity index (χ2n) is 3.96. The maximum Gasteiger partial charge on any atom is 0.315 e. The van der Waals surface area contributed by atoms with E-state index in [9.17, 15) is 0 Å². The summed E-state index contributed by atoms with van der Waals surface area (Å²) in [6.45, 7) is 0.817. The Morgan fingerprint density at radius 3 is 2.72 bits per heavy atom. The highest BCUT2D eigenvalue weighted by atomic mass is 35.5. The minimum atomic E-state index is 0.475. The van der Waals surface area contributed by atoms with Gasteiger partial charge in [-0.05, 0) is 18.4 Å². The second-order valence-corrected chi connectivity index (χ2v) is 4.33. The van der Waals surface area contributed by atoms with Crippen LogP contribution in [0, 0.1) is 0 Å². The second kappa shape index (κ2) is 7.01. The van der Waals surface area contributed by atoms with Gasteiger partial charge >= 0.3 is 6.01 Å². The van der Waals surface area contributed by atoms with E-state index in [0.717, 1.165) is 19.4 Å². The molecule has 96 valence electrons. The molecule has 4 nitrogen and oxygen atoms in total. The van der Waals surface area contributed by atoms with Crippen LogP contribution < -0.4 is 5.32 Å². The van der Waals surface area contributed by atoms with Crippen molar-refractivity contribution in [1.29, 1.82) is 0 Å². The predicted octanol–water partition coefficient (Wildman–Crippen LogP) is 2.90. The van der Waals surface area contributed by atoms with E-state index in [-0.39, 0.29) is 0 Å². The molecule has 0 fully saturated rings. The summed E-state index contributed by atoms with van der Waals surface area (Å²) < 4.78 is 5.36. The van der Waals surface area contributed by atoms with Gasteiger partial charge in [-0.2, -0.15) is 0 Å². The molecule has 0 saturated carbocycles. The maximum atomic E-state index is 5.59. The van der Waals surface area contributed by atoms with Crippen LogP contribution in [0.1, 0.15) is 17.9 Å². The number of anilines is 1. The summed E-state index contributed by atoms with van der Waals surface area (Å²) >= 11 is 5.59. The van der Waals surface area contributed by atoms with Crippen molar-refractivity contribution in [3.05, 3.63) is 41.8 Å². The highest BCUT2D eigenvalue weighted by Crippen LogP contribution is 2.07. The Morgan fingerprint density at radius 2 is 1.94 bits per heavy atom. The summed E-state index contributed by atoms with van der Waals surface area (Å²) in [6.07, 6.45) is 2.67. The Bertz CT molecular complexity index is 458. The summed E-state index contributed by atoms with van der Waals surface area (Å²) in [5.74, 6) is 1.07. The van der Waals surface area contributed by atoms with Crippen LogP contribution in [-0.2, 0) is 12.8 Å². The van der Waals surface area contributed by atoms with Crippen LogP contribution in [0.5, 0.6) is 0 Å². The van der Waals surface area contributed by atoms with Crippen LogP contribution in [0.2, 0.25) is 0 Å². The Kier molecular flexibility index (Phi) is 5.02. The summed E-state index contributed by atoms with van der Waals surface area (Å²) in [5.41, 5.74) is 1.34. The van der Waals surface area contributed by atoms with Crippen LogP contribution in [0.4, 0.5) is 6.01 Å². The van der Waals surface area contributed by atoms with Crippen molar-refractivity contribution in [2.75, 3.05) is 17.7 Å². The molecule has 1 heterocycles. The van der Waals surface area contributed by atoms with Crippen LogP contribution in [0.3, 0.4) is 0 Å². The van der Waals surface area contributed by atoms with Crippen molar-refractivity contribution < 1.29 is 4.42 Å². The number of halogens is 1. The molecule has 0 aliphatic heterocycles. The van der Waals surface area contributed by atoms with Crippen molar-refractivity contribution in [1.82, 2.24) is 10.2 Å². The normalized spacial score (nSPS) is 10.5. The smallest absolute Gasteiger partial charge is 0.315 e. The fourth-order valence-electron chi connectivity index (χ4n) is 1.64. The molecule has 0 aliphatic rings. The van der Waals surface area contributed by atoms with Gasteiger partial charge in [0.15, 0.2) is 0 Å². The Balaban J connectivity index is 1.68. The molecule has 0 atom stereocenters. The van der Waals surface area contributed by atoms with Crippen LogP contribution in [0.25, 0.3) is 0 Å². The summed E-state index contributed by atoms with van der Waals surface area (Å²) in [7, 11) is 0. The third-order valence-corrected chi connectivity index (χ3v) is 2.73. The average Bonchev–Trinajstić information content (AvgIpc) is 2.84. The van der Waals surface area contributed by atoms with Crippen molar-refractivity contribution in [2.45, 2.75) is 19.3 Å². The van der Waals surface area contributed by atoms with Gasteiger partial charge in [0.2, 0.25) is 5.89 Å². The zero-order chi connectivity index (χ0) is 12.6. The van der Waals surface area contributed by atoms with Crippen LogP contribution in [-0.4, -0.2) is 22.6 Å². The van der Waals surface area contributed by atoms with Crippen molar-refractivity contribution in [2.24, 2.45) is 0 Å². The lowest BCUT2D eigenvalue weighted by Gasteiger charge is -2.01. The van der Waals surface area contributed by atoms with Gasteiger partial charge in [0.25, 0.3) is 0 Å². The van der Waals surface area contributed by atoms with E-state index >= 15 is 0 Å². The Labute approximate surface area is 111 Å². The van der Waals surface area contributed by atoms with Crippen LogP contribution >= 0.6 is 11.6 Å². The SMILES string of the molecule is ClCCc1nnc(NCCCc2ccccc2)o1. The Morgan fingerprint density at radius 1 is 1.11 bits per heavy atom. The van der Waals surface area contributed by atoms with E-state index in [1.165, 1.54) is 5.56 Å².